The highest BCUT2D eigenvalue weighted by Crippen LogP contribution is 2.31. The van der Waals surface area contributed by atoms with Gasteiger partial charge in [0.15, 0.2) is 0 Å². The maximum Gasteiger partial charge on any atom is 0.347 e. The molecule has 3 rings (SSSR count). The van der Waals surface area contributed by atoms with Crippen LogP contribution in [0.3, 0.4) is 0 Å². The number of carbonyl (C=O) groups excluding carboxylic acids is 2. The molecule has 1 saturated heterocycles. The lowest BCUT2D eigenvalue weighted by atomic mass is 9.81. The van der Waals surface area contributed by atoms with E-state index in [4.69, 9.17) is 0 Å². The van der Waals surface area contributed by atoms with Gasteiger partial charge in [-0.25, -0.2) is 9.59 Å². The summed E-state index contributed by atoms with van der Waals surface area (Å²) >= 11 is 0. The molecule has 24 heavy (non-hydrogen) atoms. The van der Waals surface area contributed by atoms with Crippen molar-refractivity contribution in [1.82, 2.24) is 10.2 Å². The molecule has 2 unspecified atom stereocenters. The monoisotopic (exact) mass is 328 g/mol. The van der Waals surface area contributed by atoms with Crippen LogP contribution in [0.4, 0.5) is 15.3 Å². The number of hydrogen-bond acceptors (Lipinski definition) is 2. The van der Waals surface area contributed by atoms with E-state index in [0.29, 0.717) is 11.5 Å². The Morgan fingerprint density at radius 3 is 2.67 bits per heavy atom. The van der Waals surface area contributed by atoms with Gasteiger partial charge in [-0.15, -0.1) is 0 Å². The zero-order chi connectivity index (χ0) is 17.1. The number of amides is 4. The van der Waals surface area contributed by atoms with Crippen molar-refractivity contribution in [3.05, 3.63) is 30.3 Å². The van der Waals surface area contributed by atoms with E-state index in [-0.39, 0.29) is 24.0 Å². The zero-order valence-corrected chi connectivity index (χ0v) is 14.2. The Morgan fingerprint density at radius 2 is 1.96 bits per heavy atom. The summed E-state index contributed by atoms with van der Waals surface area (Å²) < 4.78 is 0. The van der Waals surface area contributed by atoms with Crippen LogP contribution in [0.25, 0.3) is 0 Å². The largest absolute Gasteiger partial charge is 0.347 e. The zero-order valence-electron chi connectivity index (χ0n) is 14.2. The fourth-order valence-electron chi connectivity index (χ4n) is 3.54. The number of para-hydroxylation sites is 1. The molecular weight excluding hydrogens is 304 g/mol. The molecule has 2 atom stereocenters. The van der Waals surface area contributed by atoms with E-state index in [1.165, 1.54) is 0 Å². The predicted octanol–water partition coefficient (Wildman–Crippen LogP) is 3.61. The van der Waals surface area contributed by atoms with Gasteiger partial charge in [0, 0.05) is 23.7 Å². The number of hydrogen-bond donors (Lipinski definition) is 2. The van der Waals surface area contributed by atoms with Crippen molar-refractivity contribution in [2.75, 3.05) is 5.32 Å². The van der Waals surface area contributed by atoms with Crippen molar-refractivity contribution < 1.29 is 9.59 Å². The molecular formula is C18H24N4O2. The Morgan fingerprint density at radius 1 is 1.25 bits per heavy atom. The van der Waals surface area contributed by atoms with Crippen LogP contribution in [0.2, 0.25) is 0 Å². The Balaban J connectivity index is 1.86. The normalized spacial score (nSPS) is 25.4. The van der Waals surface area contributed by atoms with Gasteiger partial charge in [0.05, 0.1) is 0 Å². The molecule has 6 nitrogen and oxygen atoms in total. The molecule has 128 valence electrons. The minimum absolute atomic E-state index is 0.0452. The van der Waals surface area contributed by atoms with Crippen molar-refractivity contribution in [2.45, 2.75) is 51.6 Å². The topological polar surface area (TPSA) is 73.8 Å². The lowest BCUT2D eigenvalue weighted by Crippen LogP contribution is -2.62. The summed E-state index contributed by atoms with van der Waals surface area (Å²) in [6.45, 7) is 3.88. The number of amidine groups is 1. The molecule has 1 aliphatic heterocycles. The van der Waals surface area contributed by atoms with Crippen molar-refractivity contribution in [3.63, 3.8) is 0 Å². The number of urea groups is 2. The molecule has 0 bridgehead atoms. The van der Waals surface area contributed by atoms with Crippen LogP contribution in [0.1, 0.15) is 39.5 Å². The first-order chi connectivity index (χ1) is 11.6. The highest BCUT2D eigenvalue weighted by atomic mass is 16.2. The van der Waals surface area contributed by atoms with Crippen LogP contribution in [-0.2, 0) is 0 Å². The van der Waals surface area contributed by atoms with Gasteiger partial charge in [-0.2, -0.15) is 4.99 Å². The Labute approximate surface area is 142 Å². The van der Waals surface area contributed by atoms with Crippen molar-refractivity contribution in [2.24, 2.45) is 10.9 Å². The lowest BCUT2D eigenvalue weighted by molar-refractivity contribution is 0.180. The predicted molar refractivity (Wildman–Crippen MR) is 94.1 cm³/mol. The van der Waals surface area contributed by atoms with Crippen LogP contribution >= 0.6 is 0 Å². The van der Waals surface area contributed by atoms with E-state index >= 15 is 0 Å². The molecule has 1 saturated carbocycles. The second-order valence-corrected chi connectivity index (χ2v) is 6.68. The van der Waals surface area contributed by atoms with Crippen molar-refractivity contribution in [1.29, 1.82) is 0 Å². The quantitative estimate of drug-likeness (QED) is 0.870. The van der Waals surface area contributed by atoms with Crippen LogP contribution in [0, 0.1) is 5.92 Å². The Kier molecular flexibility index (Phi) is 4.83. The Bertz CT molecular complexity index is 642. The van der Waals surface area contributed by atoms with Gasteiger partial charge in [0.1, 0.15) is 5.84 Å². The van der Waals surface area contributed by atoms with Crippen molar-refractivity contribution in [3.8, 4) is 0 Å². The smallest absolute Gasteiger partial charge is 0.334 e. The molecule has 2 N–H and O–H groups in total. The number of rotatable bonds is 2. The summed E-state index contributed by atoms with van der Waals surface area (Å²) in [7, 11) is 0. The molecule has 0 spiro atoms. The number of benzene rings is 1. The first-order valence-corrected chi connectivity index (χ1v) is 8.60. The maximum atomic E-state index is 12.4. The summed E-state index contributed by atoms with van der Waals surface area (Å²) in [4.78, 5) is 30.7. The van der Waals surface area contributed by atoms with Gasteiger partial charge in [0.25, 0.3) is 0 Å². The first-order valence-electron chi connectivity index (χ1n) is 8.60. The molecule has 2 aliphatic rings. The van der Waals surface area contributed by atoms with E-state index < -0.39 is 6.03 Å². The Hall–Kier alpha value is -2.37. The number of anilines is 1. The second kappa shape index (κ2) is 7.03. The molecule has 1 aromatic rings. The maximum absolute atomic E-state index is 12.4. The van der Waals surface area contributed by atoms with Crippen LogP contribution in [0.15, 0.2) is 35.3 Å². The van der Waals surface area contributed by atoms with E-state index in [2.05, 4.69) is 15.6 Å². The summed E-state index contributed by atoms with van der Waals surface area (Å²) in [5, 5.41) is 5.85. The second-order valence-electron chi connectivity index (χ2n) is 6.68. The molecule has 6 heteroatoms. The van der Waals surface area contributed by atoms with E-state index in [1.54, 1.807) is 4.90 Å². The molecule has 0 radical (unpaired) electrons. The third kappa shape index (κ3) is 3.42. The molecule has 1 aliphatic carbocycles. The average molecular weight is 328 g/mol. The summed E-state index contributed by atoms with van der Waals surface area (Å²) in [6, 6.07) is 8.69. The summed E-state index contributed by atoms with van der Waals surface area (Å²) in [6.07, 6.45) is 4.10. The number of aliphatic imine (C=N–C) groups is 1. The van der Waals surface area contributed by atoms with Crippen molar-refractivity contribution >= 4 is 23.6 Å². The molecule has 1 aromatic carbocycles. The minimum Gasteiger partial charge on any atom is -0.334 e. The molecule has 0 aromatic heterocycles. The number of nitrogens with zero attached hydrogens (tertiary/aromatic N) is 2. The molecule has 4 amide bonds. The standard InChI is InChI=1S/C18H24N4O2/c1-12(2)22-16(14-10-6-7-11-15(14)20-18(22)24)21-17(23)19-13-8-4-3-5-9-13/h3-5,8-9,12,14-15H,6-7,10-11H2,1-2H3,(H,19,23)(H,20,24)/b21-16+. The SMILES string of the molecule is CC(C)N1C(=O)NC2CCCCC2/C1=N\C(=O)Nc1ccccc1. The first kappa shape index (κ1) is 16.5. The third-order valence-corrected chi connectivity index (χ3v) is 4.63. The van der Waals surface area contributed by atoms with Gasteiger partial charge >= 0.3 is 12.1 Å². The summed E-state index contributed by atoms with van der Waals surface area (Å²) in [5.74, 6) is 0.715. The van der Waals surface area contributed by atoms with Crippen LogP contribution < -0.4 is 10.6 Å². The van der Waals surface area contributed by atoms with Gasteiger partial charge < -0.3 is 10.6 Å². The van der Waals surface area contributed by atoms with Crippen LogP contribution in [-0.4, -0.2) is 34.9 Å². The fourth-order valence-corrected chi connectivity index (χ4v) is 3.54. The highest BCUT2D eigenvalue weighted by molar-refractivity contribution is 6.08. The lowest BCUT2D eigenvalue weighted by Gasteiger charge is -2.43. The fraction of sp³-hybridized carbons (Fsp3) is 0.500. The number of fused-ring (bicyclic) bond motifs is 1. The molecule has 2 fully saturated rings. The van der Waals surface area contributed by atoms with Gasteiger partial charge in [-0.05, 0) is 38.8 Å². The minimum atomic E-state index is -0.430. The molecule has 1 heterocycles. The van der Waals surface area contributed by atoms with Gasteiger partial charge in [-0.3, -0.25) is 4.90 Å². The average Bonchev–Trinajstić information content (AvgIpc) is 2.55. The highest BCUT2D eigenvalue weighted by Gasteiger charge is 2.41. The van der Waals surface area contributed by atoms with Gasteiger partial charge in [-0.1, -0.05) is 31.0 Å². The number of carbonyl (C=O) groups is 2. The third-order valence-electron chi connectivity index (χ3n) is 4.63. The van der Waals surface area contributed by atoms with Crippen LogP contribution in [0.5, 0.6) is 0 Å². The van der Waals surface area contributed by atoms with Gasteiger partial charge in [0.2, 0.25) is 0 Å². The number of nitrogens with one attached hydrogen (secondary N) is 2. The van der Waals surface area contributed by atoms with E-state index in [1.807, 2.05) is 44.2 Å². The van der Waals surface area contributed by atoms with E-state index in [0.717, 1.165) is 25.7 Å². The summed E-state index contributed by atoms with van der Waals surface area (Å²) in [5.41, 5.74) is 0.698. The van der Waals surface area contributed by atoms with E-state index in [9.17, 15) is 9.59 Å².